The van der Waals surface area contributed by atoms with E-state index in [1.54, 1.807) is 12.1 Å². The van der Waals surface area contributed by atoms with Crippen molar-refractivity contribution < 1.29 is 4.79 Å². The molecule has 0 bridgehead atoms. The number of carbonyl (C=O) groups excluding carboxylic acids is 1. The zero-order valence-electron chi connectivity index (χ0n) is 12.5. The molecule has 23 heavy (non-hydrogen) atoms. The predicted octanol–water partition coefficient (Wildman–Crippen LogP) is 3.97. The molecule has 0 spiro atoms. The van der Waals surface area contributed by atoms with Crippen molar-refractivity contribution in [2.75, 3.05) is 5.32 Å². The molecule has 0 unspecified atom stereocenters. The summed E-state index contributed by atoms with van der Waals surface area (Å²) in [6.45, 7) is 0. The Bertz CT molecular complexity index is 856. The van der Waals surface area contributed by atoms with Crippen LogP contribution in [0.5, 0.6) is 0 Å². The monoisotopic (exact) mass is 300 g/mol. The van der Waals surface area contributed by atoms with Gasteiger partial charge in [0.05, 0.1) is 6.04 Å². The number of rotatable bonds is 3. The molecule has 0 heterocycles. The third kappa shape index (κ3) is 2.27. The van der Waals surface area contributed by atoms with Crippen molar-refractivity contribution >= 4 is 11.6 Å². The SMILES string of the molecule is NC(=O)c1cccc(NC2c3ccccc3-c3ccccc32)c1. The summed E-state index contributed by atoms with van der Waals surface area (Å²) in [6, 6.07) is 24.2. The number of carbonyl (C=O) groups is 1. The highest BCUT2D eigenvalue weighted by molar-refractivity contribution is 5.93. The van der Waals surface area contributed by atoms with E-state index < -0.39 is 5.91 Å². The van der Waals surface area contributed by atoms with E-state index in [-0.39, 0.29) is 6.04 Å². The number of nitrogens with one attached hydrogen (secondary N) is 1. The summed E-state index contributed by atoms with van der Waals surface area (Å²) in [5.41, 5.74) is 11.8. The Morgan fingerprint density at radius 1 is 0.826 bits per heavy atom. The van der Waals surface area contributed by atoms with Gasteiger partial charge in [0.25, 0.3) is 0 Å². The summed E-state index contributed by atoms with van der Waals surface area (Å²) in [7, 11) is 0. The lowest BCUT2D eigenvalue weighted by molar-refractivity contribution is 0.100. The predicted molar refractivity (Wildman–Crippen MR) is 92.3 cm³/mol. The molecule has 3 N–H and O–H groups in total. The van der Waals surface area contributed by atoms with Crippen LogP contribution in [0.3, 0.4) is 0 Å². The van der Waals surface area contributed by atoms with Gasteiger partial charge in [-0.15, -0.1) is 0 Å². The molecule has 0 aromatic heterocycles. The highest BCUT2D eigenvalue weighted by Gasteiger charge is 2.27. The normalized spacial score (nSPS) is 12.5. The van der Waals surface area contributed by atoms with Crippen molar-refractivity contribution in [3.63, 3.8) is 0 Å². The van der Waals surface area contributed by atoms with Crippen molar-refractivity contribution in [3.8, 4) is 11.1 Å². The third-order valence-electron chi connectivity index (χ3n) is 4.29. The summed E-state index contributed by atoms with van der Waals surface area (Å²) >= 11 is 0. The van der Waals surface area contributed by atoms with Crippen LogP contribution in [0.4, 0.5) is 5.69 Å². The fourth-order valence-electron chi connectivity index (χ4n) is 3.24. The smallest absolute Gasteiger partial charge is 0.248 e. The second-order valence-electron chi connectivity index (χ2n) is 5.70. The number of anilines is 1. The molecule has 0 fully saturated rings. The van der Waals surface area contributed by atoms with Gasteiger partial charge in [0.15, 0.2) is 0 Å². The zero-order valence-corrected chi connectivity index (χ0v) is 12.5. The van der Waals surface area contributed by atoms with Gasteiger partial charge in [0.2, 0.25) is 5.91 Å². The first-order valence-electron chi connectivity index (χ1n) is 7.58. The van der Waals surface area contributed by atoms with Crippen LogP contribution in [0.25, 0.3) is 11.1 Å². The van der Waals surface area contributed by atoms with E-state index in [1.165, 1.54) is 22.3 Å². The maximum Gasteiger partial charge on any atom is 0.248 e. The van der Waals surface area contributed by atoms with E-state index in [2.05, 4.69) is 53.8 Å². The summed E-state index contributed by atoms with van der Waals surface area (Å²) in [4.78, 5) is 11.4. The highest BCUT2D eigenvalue weighted by atomic mass is 16.1. The molecular formula is C20H16N2O. The second-order valence-corrected chi connectivity index (χ2v) is 5.70. The molecule has 1 amide bonds. The number of primary amides is 1. The third-order valence-corrected chi connectivity index (χ3v) is 4.29. The molecule has 3 aromatic rings. The molecule has 0 radical (unpaired) electrons. The molecule has 112 valence electrons. The van der Waals surface area contributed by atoms with Crippen molar-refractivity contribution in [2.24, 2.45) is 5.73 Å². The van der Waals surface area contributed by atoms with E-state index in [1.807, 2.05) is 12.1 Å². The lowest BCUT2D eigenvalue weighted by atomic mass is 10.0. The number of amides is 1. The van der Waals surface area contributed by atoms with Crippen LogP contribution < -0.4 is 11.1 Å². The Morgan fingerprint density at radius 2 is 1.43 bits per heavy atom. The molecule has 1 aliphatic carbocycles. The Morgan fingerprint density at radius 3 is 2.04 bits per heavy atom. The van der Waals surface area contributed by atoms with Gasteiger partial charge in [0, 0.05) is 11.3 Å². The minimum absolute atomic E-state index is 0.0746. The van der Waals surface area contributed by atoms with Gasteiger partial charge < -0.3 is 11.1 Å². The Kier molecular flexibility index (Phi) is 3.12. The summed E-state index contributed by atoms with van der Waals surface area (Å²) in [6.07, 6.45) is 0. The molecule has 0 atom stereocenters. The fourth-order valence-corrected chi connectivity index (χ4v) is 3.24. The minimum atomic E-state index is -0.416. The zero-order chi connectivity index (χ0) is 15.8. The second kappa shape index (κ2) is 5.29. The average molecular weight is 300 g/mol. The van der Waals surface area contributed by atoms with Gasteiger partial charge in [-0.3, -0.25) is 4.79 Å². The van der Waals surface area contributed by atoms with Crippen LogP contribution in [-0.4, -0.2) is 5.91 Å². The van der Waals surface area contributed by atoms with Crippen LogP contribution >= 0.6 is 0 Å². The molecule has 0 saturated carbocycles. The van der Waals surface area contributed by atoms with E-state index in [0.717, 1.165) is 5.69 Å². The molecule has 3 nitrogen and oxygen atoms in total. The van der Waals surface area contributed by atoms with Gasteiger partial charge >= 0.3 is 0 Å². The fraction of sp³-hybridized carbons (Fsp3) is 0.0500. The molecule has 0 aliphatic heterocycles. The average Bonchev–Trinajstić information content (AvgIpc) is 2.90. The summed E-state index contributed by atoms with van der Waals surface area (Å²) in [5, 5.41) is 3.54. The number of benzene rings is 3. The maximum absolute atomic E-state index is 11.4. The molecule has 1 aliphatic rings. The van der Waals surface area contributed by atoms with Crippen LogP contribution in [0.2, 0.25) is 0 Å². The van der Waals surface area contributed by atoms with Crippen LogP contribution in [0.15, 0.2) is 72.8 Å². The Labute approximate surface area is 134 Å². The van der Waals surface area contributed by atoms with Gasteiger partial charge in [-0.05, 0) is 40.5 Å². The van der Waals surface area contributed by atoms with Gasteiger partial charge in [-0.1, -0.05) is 54.6 Å². The number of hydrogen-bond acceptors (Lipinski definition) is 2. The van der Waals surface area contributed by atoms with Crippen molar-refractivity contribution in [1.29, 1.82) is 0 Å². The number of fused-ring (bicyclic) bond motifs is 3. The lowest BCUT2D eigenvalue weighted by Crippen LogP contribution is -2.13. The number of nitrogens with two attached hydrogens (primary N) is 1. The summed E-state index contributed by atoms with van der Waals surface area (Å²) < 4.78 is 0. The van der Waals surface area contributed by atoms with Crippen LogP contribution in [0.1, 0.15) is 27.5 Å². The van der Waals surface area contributed by atoms with E-state index in [0.29, 0.717) is 5.56 Å². The first kappa shape index (κ1) is 13.6. The largest absolute Gasteiger partial charge is 0.374 e. The van der Waals surface area contributed by atoms with Gasteiger partial charge in [-0.25, -0.2) is 0 Å². The van der Waals surface area contributed by atoms with Crippen molar-refractivity contribution in [2.45, 2.75) is 6.04 Å². The molecule has 0 saturated heterocycles. The standard InChI is InChI=1S/C20H16N2O/c21-20(23)13-6-5-7-14(12-13)22-19-17-10-3-1-8-15(17)16-9-2-4-11-18(16)19/h1-12,19,22H,(H2,21,23). The topological polar surface area (TPSA) is 55.1 Å². The molecular weight excluding hydrogens is 284 g/mol. The minimum Gasteiger partial charge on any atom is -0.374 e. The summed E-state index contributed by atoms with van der Waals surface area (Å²) in [5.74, 6) is -0.416. The highest BCUT2D eigenvalue weighted by Crippen LogP contribution is 2.44. The lowest BCUT2D eigenvalue weighted by Gasteiger charge is -2.17. The van der Waals surface area contributed by atoms with Crippen molar-refractivity contribution in [3.05, 3.63) is 89.5 Å². The van der Waals surface area contributed by atoms with E-state index in [4.69, 9.17) is 5.73 Å². The molecule has 4 rings (SSSR count). The number of hydrogen-bond donors (Lipinski definition) is 2. The quantitative estimate of drug-likeness (QED) is 0.769. The Hall–Kier alpha value is -3.07. The first-order chi connectivity index (χ1) is 11.2. The van der Waals surface area contributed by atoms with Crippen LogP contribution in [-0.2, 0) is 0 Å². The van der Waals surface area contributed by atoms with Gasteiger partial charge in [0.1, 0.15) is 0 Å². The van der Waals surface area contributed by atoms with Crippen LogP contribution in [0, 0.1) is 0 Å². The van der Waals surface area contributed by atoms with Crippen molar-refractivity contribution in [1.82, 2.24) is 0 Å². The Balaban J connectivity index is 1.77. The maximum atomic E-state index is 11.4. The van der Waals surface area contributed by atoms with E-state index in [9.17, 15) is 4.79 Å². The first-order valence-corrected chi connectivity index (χ1v) is 7.58. The van der Waals surface area contributed by atoms with Gasteiger partial charge in [-0.2, -0.15) is 0 Å². The van der Waals surface area contributed by atoms with E-state index >= 15 is 0 Å². The molecule has 3 aromatic carbocycles. The molecule has 3 heteroatoms.